The maximum atomic E-state index is 13.1. The van der Waals surface area contributed by atoms with E-state index in [1.54, 1.807) is 43.5 Å². The van der Waals surface area contributed by atoms with Crippen LogP contribution in [0, 0.1) is 12.3 Å². The first-order valence-corrected chi connectivity index (χ1v) is 8.32. The van der Waals surface area contributed by atoms with Crippen LogP contribution in [-0.2, 0) is 4.79 Å². The highest BCUT2D eigenvalue weighted by Gasteiger charge is 2.24. The van der Waals surface area contributed by atoms with Gasteiger partial charge in [0.25, 0.3) is 0 Å². The Morgan fingerprint density at radius 3 is 2.36 bits per heavy atom. The average Bonchev–Trinajstić information content (AvgIpc) is 2.55. The van der Waals surface area contributed by atoms with E-state index >= 15 is 0 Å². The lowest BCUT2D eigenvalue weighted by Gasteiger charge is -2.19. The first kappa shape index (κ1) is 19.0. The van der Waals surface area contributed by atoms with Crippen molar-refractivity contribution >= 4 is 29.0 Å². The van der Waals surface area contributed by atoms with Crippen LogP contribution in [0.2, 0.25) is 5.02 Å². The number of carbonyl (C=O) groups excluding carboxylic acids is 2. The Bertz CT molecular complexity index is 822. The Morgan fingerprint density at radius 1 is 1.08 bits per heavy atom. The maximum Gasteiger partial charge on any atom is 0.229 e. The molecule has 0 aliphatic rings. The van der Waals surface area contributed by atoms with Gasteiger partial charge in [-0.3, -0.25) is 9.59 Å². The van der Waals surface area contributed by atoms with Gasteiger partial charge in [-0.25, -0.2) is 0 Å². The molecule has 0 fully saturated rings. The van der Waals surface area contributed by atoms with E-state index in [4.69, 9.17) is 16.3 Å². The standard InChI is InChI=1S/C20H22ClNO3/c1-12-14(7-6-8-17(12)25-5)18(23)15-11-13(21)9-10-16(15)22-19(24)20(2,3)4/h6-11H,1-5H3,(H,22,24). The van der Waals surface area contributed by atoms with E-state index in [1.807, 2.05) is 27.7 Å². The fourth-order valence-electron chi connectivity index (χ4n) is 2.35. The zero-order chi connectivity index (χ0) is 18.8. The molecule has 0 unspecified atom stereocenters. The second-order valence-corrected chi connectivity index (χ2v) is 7.29. The number of anilines is 1. The molecule has 0 aromatic heterocycles. The molecule has 0 radical (unpaired) electrons. The van der Waals surface area contributed by atoms with Gasteiger partial charge in [0.2, 0.25) is 5.91 Å². The van der Waals surface area contributed by atoms with Gasteiger partial charge in [-0.15, -0.1) is 0 Å². The number of amides is 1. The predicted molar refractivity (Wildman–Crippen MR) is 101 cm³/mol. The highest BCUT2D eigenvalue weighted by Crippen LogP contribution is 2.29. The molecule has 2 rings (SSSR count). The first-order valence-electron chi connectivity index (χ1n) is 7.94. The van der Waals surface area contributed by atoms with E-state index in [9.17, 15) is 9.59 Å². The van der Waals surface area contributed by atoms with E-state index in [0.717, 1.165) is 5.56 Å². The summed E-state index contributed by atoms with van der Waals surface area (Å²) in [6, 6.07) is 10.2. The normalized spacial score (nSPS) is 11.1. The fourth-order valence-corrected chi connectivity index (χ4v) is 2.52. The summed E-state index contributed by atoms with van der Waals surface area (Å²) in [4.78, 5) is 25.4. The minimum atomic E-state index is -0.578. The van der Waals surface area contributed by atoms with E-state index < -0.39 is 5.41 Å². The molecule has 2 aromatic carbocycles. The monoisotopic (exact) mass is 359 g/mol. The largest absolute Gasteiger partial charge is 0.496 e. The van der Waals surface area contributed by atoms with Gasteiger partial charge in [0.05, 0.1) is 12.8 Å². The third kappa shape index (κ3) is 4.20. The van der Waals surface area contributed by atoms with Gasteiger partial charge in [0.1, 0.15) is 5.75 Å². The van der Waals surface area contributed by atoms with E-state index in [1.165, 1.54) is 0 Å². The summed E-state index contributed by atoms with van der Waals surface area (Å²) >= 11 is 6.08. The van der Waals surface area contributed by atoms with Crippen molar-refractivity contribution in [3.05, 3.63) is 58.1 Å². The number of carbonyl (C=O) groups is 2. The van der Waals surface area contributed by atoms with Gasteiger partial charge in [-0.1, -0.05) is 44.5 Å². The number of hydrogen-bond donors (Lipinski definition) is 1. The zero-order valence-electron chi connectivity index (χ0n) is 15.1. The summed E-state index contributed by atoms with van der Waals surface area (Å²) in [5, 5.41) is 3.26. The molecule has 0 atom stereocenters. The van der Waals surface area contributed by atoms with Crippen molar-refractivity contribution in [1.82, 2.24) is 0 Å². The lowest BCUT2D eigenvalue weighted by Crippen LogP contribution is -2.28. The van der Waals surface area contributed by atoms with Crippen molar-refractivity contribution in [3.8, 4) is 5.75 Å². The third-order valence-corrected chi connectivity index (χ3v) is 4.14. The maximum absolute atomic E-state index is 13.1. The van der Waals surface area contributed by atoms with Crippen LogP contribution in [0.1, 0.15) is 42.3 Å². The molecule has 0 heterocycles. The smallest absolute Gasteiger partial charge is 0.229 e. The van der Waals surface area contributed by atoms with Crippen LogP contribution in [0.5, 0.6) is 5.75 Å². The lowest BCUT2D eigenvalue weighted by atomic mass is 9.94. The molecular weight excluding hydrogens is 338 g/mol. The molecule has 132 valence electrons. The summed E-state index contributed by atoms with van der Waals surface area (Å²) in [5.74, 6) is 0.238. The number of methoxy groups -OCH3 is 1. The Hall–Kier alpha value is -2.33. The number of hydrogen-bond acceptors (Lipinski definition) is 3. The number of ketones is 1. The number of halogens is 1. The van der Waals surface area contributed by atoms with Gasteiger partial charge >= 0.3 is 0 Å². The van der Waals surface area contributed by atoms with Crippen LogP contribution in [0.25, 0.3) is 0 Å². The molecule has 1 amide bonds. The number of rotatable bonds is 4. The number of ether oxygens (including phenoxy) is 1. The van der Waals surface area contributed by atoms with Crippen LogP contribution < -0.4 is 10.1 Å². The Balaban J connectivity index is 2.50. The van der Waals surface area contributed by atoms with Crippen molar-refractivity contribution in [2.45, 2.75) is 27.7 Å². The number of benzene rings is 2. The Kier molecular flexibility index (Phi) is 5.53. The lowest BCUT2D eigenvalue weighted by molar-refractivity contribution is -0.123. The molecule has 0 saturated heterocycles. The Morgan fingerprint density at radius 2 is 1.76 bits per heavy atom. The quantitative estimate of drug-likeness (QED) is 0.792. The first-order chi connectivity index (χ1) is 11.6. The van der Waals surface area contributed by atoms with Crippen molar-refractivity contribution in [2.75, 3.05) is 12.4 Å². The second kappa shape index (κ2) is 7.28. The van der Waals surface area contributed by atoms with Gasteiger partial charge in [0, 0.05) is 27.1 Å². The Labute approximate surface area is 153 Å². The van der Waals surface area contributed by atoms with Crippen LogP contribution in [0.15, 0.2) is 36.4 Å². The summed E-state index contributed by atoms with van der Waals surface area (Å²) < 4.78 is 5.29. The highest BCUT2D eigenvalue weighted by atomic mass is 35.5. The summed E-state index contributed by atoms with van der Waals surface area (Å²) in [6.45, 7) is 7.26. The zero-order valence-corrected chi connectivity index (χ0v) is 15.8. The second-order valence-electron chi connectivity index (χ2n) is 6.86. The summed E-state index contributed by atoms with van der Waals surface area (Å²) in [5.41, 5.74) is 1.46. The summed E-state index contributed by atoms with van der Waals surface area (Å²) in [7, 11) is 1.56. The van der Waals surface area contributed by atoms with E-state index in [2.05, 4.69) is 5.32 Å². The van der Waals surface area contributed by atoms with Crippen molar-refractivity contribution in [3.63, 3.8) is 0 Å². The minimum Gasteiger partial charge on any atom is -0.496 e. The molecule has 25 heavy (non-hydrogen) atoms. The van der Waals surface area contributed by atoms with Gasteiger partial charge in [-0.2, -0.15) is 0 Å². The molecule has 0 spiro atoms. The highest BCUT2D eigenvalue weighted by molar-refractivity contribution is 6.31. The molecule has 0 aliphatic carbocycles. The van der Waals surface area contributed by atoms with Crippen LogP contribution in [-0.4, -0.2) is 18.8 Å². The van der Waals surface area contributed by atoms with Crippen LogP contribution >= 0.6 is 11.6 Å². The van der Waals surface area contributed by atoms with E-state index in [0.29, 0.717) is 27.6 Å². The fraction of sp³-hybridized carbons (Fsp3) is 0.300. The third-order valence-electron chi connectivity index (χ3n) is 3.90. The van der Waals surface area contributed by atoms with Crippen molar-refractivity contribution in [2.24, 2.45) is 5.41 Å². The molecule has 2 aromatic rings. The molecule has 0 bridgehead atoms. The average molecular weight is 360 g/mol. The topological polar surface area (TPSA) is 55.4 Å². The van der Waals surface area contributed by atoms with Crippen molar-refractivity contribution < 1.29 is 14.3 Å². The van der Waals surface area contributed by atoms with Gasteiger partial charge in [0.15, 0.2) is 5.78 Å². The predicted octanol–water partition coefficient (Wildman–Crippen LogP) is 4.87. The molecule has 4 nitrogen and oxygen atoms in total. The SMILES string of the molecule is COc1cccc(C(=O)c2cc(Cl)ccc2NC(=O)C(C)(C)C)c1C. The molecule has 1 N–H and O–H groups in total. The molecule has 0 saturated carbocycles. The van der Waals surface area contributed by atoms with E-state index in [-0.39, 0.29) is 11.7 Å². The summed E-state index contributed by atoms with van der Waals surface area (Å²) in [6.07, 6.45) is 0. The van der Waals surface area contributed by atoms with Gasteiger partial charge in [-0.05, 0) is 31.2 Å². The number of nitrogens with one attached hydrogen (secondary N) is 1. The van der Waals surface area contributed by atoms with Crippen molar-refractivity contribution in [1.29, 1.82) is 0 Å². The van der Waals surface area contributed by atoms with Crippen LogP contribution in [0.3, 0.4) is 0 Å². The van der Waals surface area contributed by atoms with Gasteiger partial charge < -0.3 is 10.1 Å². The van der Waals surface area contributed by atoms with Crippen LogP contribution in [0.4, 0.5) is 5.69 Å². The molecular formula is C20H22ClNO3. The minimum absolute atomic E-state index is 0.175. The molecule has 0 aliphatic heterocycles. The molecule has 5 heteroatoms.